The second kappa shape index (κ2) is 7.57. The second-order valence-electron chi connectivity index (χ2n) is 5.97. The maximum absolute atomic E-state index is 5.23. The molecule has 0 aromatic heterocycles. The summed E-state index contributed by atoms with van der Waals surface area (Å²) in [6.45, 7) is 0.933. The van der Waals surface area contributed by atoms with E-state index in [0.29, 0.717) is 23.1 Å². The third-order valence-electron chi connectivity index (χ3n) is 4.45. The Hall–Kier alpha value is -1.91. The molecule has 1 fully saturated rings. The zero-order chi connectivity index (χ0) is 16.1. The largest absolute Gasteiger partial charge is 0.366 e. The Kier molecular flexibility index (Phi) is 5.26. The van der Waals surface area contributed by atoms with E-state index in [-0.39, 0.29) is 0 Å². The molecular formula is C19H23N3S. The molecule has 0 amide bonds. The van der Waals surface area contributed by atoms with Gasteiger partial charge in [0.05, 0.1) is 0 Å². The Balaban J connectivity index is 1.81. The van der Waals surface area contributed by atoms with Crippen molar-refractivity contribution in [2.24, 2.45) is 0 Å². The van der Waals surface area contributed by atoms with Crippen LogP contribution in [0.5, 0.6) is 0 Å². The summed E-state index contributed by atoms with van der Waals surface area (Å²) in [6.07, 6.45) is 1.05. The van der Waals surface area contributed by atoms with Gasteiger partial charge in [-0.2, -0.15) is 0 Å². The minimum atomic E-state index is 0.354. The molecule has 3 rings (SSSR count). The highest BCUT2D eigenvalue weighted by Gasteiger charge is 2.32. The molecule has 1 saturated heterocycles. The summed E-state index contributed by atoms with van der Waals surface area (Å²) in [4.78, 5) is 0. The molecule has 1 heterocycles. The minimum absolute atomic E-state index is 0.354. The Labute approximate surface area is 143 Å². The summed E-state index contributed by atoms with van der Waals surface area (Å²) in [5, 5.41) is 10.8. The standard InChI is InChI=1S/C19H23N3S/c1-20-19(23)22-16-12-17(21-13-16)18(14-8-4-2-5-9-14)15-10-6-3-7-11-15/h2-11,16-18,21H,12-13H2,1H3,(H2,20,22,23)/t16-,17?/m0/s1. The molecule has 0 saturated carbocycles. The fraction of sp³-hybridized carbons (Fsp3) is 0.316. The van der Waals surface area contributed by atoms with E-state index >= 15 is 0 Å². The van der Waals surface area contributed by atoms with Gasteiger partial charge in [0.2, 0.25) is 0 Å². The summed E-state index contributed by atoms with van der Waals surface area (Å²) in [6, 6.07) is 22.3. The first-order valence-electron chi connectivity index (χ1n) is 8.09. The van der Waals surface area contributed by atoms with Gasteiger partial charge in [0, 0.05) is 31.6 Å². The fourth-order valence-corrected chi connectivity index (χ4v) is 3.53. The van der Waals surface area contributed by atoms with Crippen LogP contribution in [0.3, 0.4) is 0 Å². The number of rotatable bonds is 4. The zero-order valence-corrected chi connectivity index (χ0v) is 14.1. The van der Waals surface area contributed by atoms with E-state index in [9.17, 15) is 0 Å². The van der Waals surface area contributed by atoms with Crippen LogP contribution in [0.15, 0.2) is 60.7 Å². The second-order valence-corrected chi connectivity index (χ2v) is 6.38. The Morgan fingerprint density at radius 2 is 1.61 bits per heavy atom. The van der Waals surface area contributed by atoms with Crippen LogP contribution in [0.1, 0.15) is 23.5 Å². The van der Waals surface area contributed by atoms with Crippen LogP contribution in [-0.2, 0) is 0 Å². The van der Waals surface area contributed by atoms with Crippen molar-refractivity contribution in [3.8, 4) is 0 Å². The molecule has 2 atom stereocenters. The summed E-state index contributed by atoms with van der Waals surface area (Å²) in [5.41, 5.74) is 2.71. The predicted molar refractivity (Wildman–Crippen MR) is 99.7 cm³/mol. The first-order valence-corrected chi connectivity index (χ1v) is 8.50. The molecule has 0 radical (unpaired) electrons. The van der Waals surface area contributed by atoms with Gasteiger partial charge in [0.1, 0.15) is 0 Å². The Bertz CT molecular complexity index is 590. The van der Waals surface area contributed by atoms with Crippen LogP contribution in [0.2, 0.25) is 0 Å². The van der Waals surface area contributed by atoms with E-state index in [0.717, 1.165) is 13.0 Å². The van der Waals surface area contributed by atoms with Crippen molar-refractivity contribution in [3.63, 3.8) is 0 Å². The Morgan fingerprint density at radius 3 is 2.13 bits per heavy atom. The summed E-state index contributed by atoms with van der Waals surface area (Å²) >= 11 is 5.23. The van der Waals surface area contributed by atoms with Crippen LogP contribution in [0, 0.1) is 0 Å². The van der Waals surface area contributed by atoms with Gasteiger partial charge >= 0.3 is 0 Å². The predicted octanol–water partition coefficient (Wildman–Crippen LogP) is 2.64. The maximum atomic E-state index is 5.23. The van der Waals surface area contributed by atoms with Gasteiger partial charge in [0.15, 0.2) is 5.11 Å². The van der Waals surface area contributed by atoms with Gasteiger partial charge in [-0.05, 0) is 29.8 Å². The first-order chi connectivity index (χ1) is 11.3. The SMILES string of the molecule is CNC(=S)N[C@@H]1CNC(C(c2ccccc2)c2ccccc2)C1. The van der Waals surface area contributed by atoms with E-state index in [1.807, 2.05) is 7.05 Å². The highest BCUT2D eigenvalue weighted by molar-refractivity contribution is 7.80. The minimum Gasteiger partial charge on any atom is -0.366 e. The van der Waals surface area contributed by atoms with Crippen molar-refractivity contribution in [1.29, 1.82) is 0 Å². The number of hydrogen-bond acceptors (Lipinski definition) is 2. The molecule has 3 nitrogen and oxygen atoms in total. The van der Waals surface area contributed by atoms with Crippen molar-refractivity contribution < 1.29 is 0 Å². The summed E-state index contributed by atoms with van der Waals surface area (Å²) in [5.74, 6) is 0.354. The highest BCUT2D eigenvalue weighted by Crippen LogP contribution is 2.32. The van der Waals surface area contributed by atoms with Crippen LogP contribution in [-0.4, -0.2) is 30.8 Å². The van der Waals surface area contributed by atoms with E-state index in [1.54, 1.807) is 0 Å². The third kappa shape index (κ3) is 3.89. The van der Waals surface area contributed by atoms with E-state index in [2.05, 4.69) is 76.6 Å². The smallest absolute Gasteiger partial charge is 0.166 e. The first kappa shape index (κ1) is 16.0. The van der Waals surface area contributed by atoms with Crippen molar-refractivity contribution in [2.75, 3.05) is 13.6 Å². The quantitative estimate of drug-likeness (QED) is 0.756. The summed E-state index contributed by atoms with van der Waals surface area (Å²) in [7, 11) is 1.85. The molecule has 2 aromatic carbocycles. The zero-order valence-electron chi connectivity index (χ0n) is 13.3. The normalized spacial score (nSPS) is 20.4. The highest BCUT2D eigenvalue weighted by atomic mass is 32.1. The van der Waals surface area contributed by atoms with Crippen LogP contribution < -0.4 is 16.0 Å². The van der Waals surface area contributed by atoms with Crippen LogP contribution in [0.4, 0.5) is 0 Å². The van der Waals surface area contributed by atoms with E-state index in [4.69, 9.17) is 12.2 Å². The lowest BCUT2D eigenvalue weighted by Crippen LogP contribution is -2.41. The van der Waals surface area contributed by atoms with Gasteiger partial charge in [-0.1, -0.05) is 60.7 Å². The van der Waals surface area contributed by atoms with Crippen molar-refractivity contribution in [2.45, 2.75) is 24.4 Å². The van der Waals surface area contributed by atoms with Gasteiger partial charge < -0.3 is 16.0 Å². The molecule has 4 heteroatoms. The third-order valence-corrected chi connectivity index (χ3v) is 4.77. The van der Waals surface area contributed by atoms with Gasteiger partial charge in [-0.3, -0.25) is 0 Å². The molecule has 0 bridgehead atoms. The molecule has 0 spiro atoms. The van der Waals surface area contributed by atoms with Crippen LogP contribution >= 0.6 is 12.2 Å². The molecule has 1 aliphatic rings. The molecule has 1 aliphatic heterocycles. The lowest BCUT2D eigenvalue weighted by molar-refractivity contribution is 0.531. The fourth-order valence-electron chi connectivity index (χ4n) is 3.37. The molecule has 1 unspecified atom stereocenters. The average molecular weight is 325 g/mol. The van der Waals surface area contributed by atoms with Crippen LogP contribution in [0.25, 0.3) is 0 Å². The number of benzene rings is 2. The van der Waals surface area contributed by atoms with Gasteiger partial charge in [-0.25, -0.2) is 0 Å². The average Bonchev–Trinajstić information content (AvgIpc) is 3.05. The van der Waals surface area contributed by atoms with E-state index < -0.39 is 0 Å². The lowest BCUT2D eigenvalue weighted by Gasteiger charge is -2.25. The van der Waals surface area contributed by atoms with Crippen molar-refractivity contribution in [1.82, 2.24) is 16.0 Å². The molecule has 3 N–H and O–H groups in total. The monoisotopic (exact) mass is 325 g/mol. The number of hydrogen-bond donors (Lipinski definition) is 3. The summed E-state index contributed by atoms with van der Waals surface area (Å²) < 4.78 is 0. The molecule has 120 valence electrons. The molecular weight excluding hydrogens is 302 g/mol. The maximum Gasteiger partial charge on any atom is 0.166 e. The molecule has 23 heavy (non-hydrogen) atoms. The van der Waals surface area contributed by atoms with Crippen molar-refractivity contribution >= 4 is 17.3 Å². The van der Waals surface area contributed by atoms with Gasteiger partial charge in [0.25, 0.3) is 0 Å². The topological polar surface area (TPSA) is 36.1 Å². The molecule has 0 aliphatic carbocycles. The van der Waals surface area contributed by atoms with Gasteiger partial charge in [-0.15, -0.1) is 0 Å². The van der Waals surface area contributed by atoms with Crippen molar-refractivity contribution in [3.05, 3.63) is 71.8 Å². The lowest BCUT2D eigenvalue weighted by atomic mass is 9.84. The Morgan fingerprint density at radius 1 is 1.04 bits per heavy atom. The van der Waals surface area contributed by atoms with E-state index in [1.165, 1.54) is 11.1 Å². The number of thiocarbonyl (C=S) groups is 1. The molecule has 2 aromatic rings. The number of nitrogens with one attached hydrogen (secondary N) is 3.